The molecule has 2 amide bonds. The lowest BCUT2D eigenvalue weighted by Gasteiger charge is -2.20. The maximum atomic E-state index is 12.7. The third-order valence-corrected chi connectivity index (χ3v) is 4.41. The lowest BCUT2D eigenvalue weighted by Crippen LogP contribution is -2.30. The highest BCUT2D eigenvalue weighted by atomic mass is 16.5. The molecule has 9 nitrogen and oxygen atoms in total. The summed E-state index contributed by atoms with van der Waals surface area (Å²) in [6.45, 7) is 5.72. The Balaban J connectivity index is 1.71. The summed E-state index contributed by atoms with van der Waals surface area (Å²) in [5.74, 6) is 0.528. The number of amides is 2. The molecule has 1 aromatic heterocycles. The second-order valence-electron chi connectivity index (χ2n) is 7.98. The molecule has 0 unspecified atom stereocenters. The summed E-state index contributed by atoms with van der Waals surface area (Å²) in [7, 11) is 1.51. The first-order valence-electron chi connectivity index (χ1n) is 9.44. The van der Waals surface area contributed by atoms with Gasteiger partial charge in [0.15, 0.2) is 18.1 Å². The molecular formula is C20H27N5O4. The Bertz CT molecular complexity index is 912. The molecule has 0 atom stereocenters. The second kappa shape index (κ2) is 8.02. The van der Waals surface area contributed by atoms with Crippen molar-refractivity contribution in [3.8, 4) is 11.5 Å². The van der Waals surface area contributed by atoms with Gasteiger partial charge in [-0.3, -0.25) is 9.59 Å². The number of aromatic nitrogens is 2. The van der Waals surface area contributed by atoms with Gasteiger partial charge in [-0.15, -0.1) is 0 Å². The van der Waals surface area contributed by atoms with Gasteiger partial charge in [-0.2, -0.15) is 5.10 Å². The van der Waals surface area contributed by atoms with Crippen LogP contribution in [0.2, 0.25) is 0 Å². The van der Waals surface area contributed by atoms with E-state index < -0.39 is 0 Å². The van der Waals surface area contributed by atoms with Crippen LogP contribution in [0.1, 0.15) is 44.0 Å². The topological polar surface area (TPSA) is 120 Å². The van der Waals surface area contributed by atoms with Gasteiger partial charge in [-0.25, -0.2) is 4.68 Å². The van der Waals surface area contributed by atoms with Crippen LogP contribution >= 0.6 is 0 Å². The number of carbonyl (C=O) groups excluding carboxylic acids is 2. The highest BCUT2D eigenvalue weighted by Gasteiger charge is 2.24. The fourth-order valence-electron chi connectivity index (χ4n) is 2.77. The van der Waals surface area contributed by atoms with Crippen LogP contribution in [0.4, 0.5) is 11.5 Å². The van der Waals surface area contributed by atoms with E-state index in [4.69, 9.17) is 15.2 Å². The minimum Gasteiger partial charge on any atom is -0.493 e. The molecule has 156 valence electrons. The first kappa shape index (κ1) is 20.5. The summed E-state index contributed by atoms with van der Waals surface area (Å²) < 4.78 is 12.5. The van der Waals surface area contributed by atoms with Gasteiger partial charge in [-0.05, 0) is 45.7 Å². The van der Waals surface area contributed by atoms with Crippen molar-refractivity contribution in [3.63, 3.8) is 0 Å². The van der Waals surface area contributed by atoms with E-state index >= 15 is 0 Å². The standard InChI is InChI=1S/C20H27N5O4/c1-20(2,3)25-18(21)14(10-22-25)19(27)24-13-7-8-15(28-4)16(9-13)29-11-17(26)23-12-5-6-12/h7-10,12H,5-6,11,21H2,1-4H3,(H,23,26)(H,24,27). The van der Waals surface area contributed by atoms with Gasteiger partial charge in [0.2, 0.25) is 0 Å². The molecule has 0 spiro atoms. The van der Waals surface area contributed by atoms with Crippen molar-refractivity contribution < 1.29 is 19.1 Å². The first-order valence-corrected chi connectivity index (χ1v) is 9.44. The van der Waals surface area contributed by atoms with Crippen molar-refractivity contribution in [3.05, 3.63) is 30.0 Å². The van der Waals surface area contributed by atoms with E-state index in [9.17, 15) is 9.59 Å². The zero-order chi connectivity index (χ0) is 21.2. The maximum absolute atomic E-state index is 12.7. The smallest absolute Gasteiger partial charge is 0.261 e. The lowest BCUT2D eigenvalue weighted by molar-refractivity contribution is -0.123. The molecule has 9 heteroatoms. The molecule has 0 bridgehead atoms. The number of hydrogen-bond donors (Lipinski definition) is 3. The Morgan fingerprint density at radius 1 is 1.28 bits per heavy atom. The third-order valence-electron chi connectivity index (χ3n) is 4.41. The Morgan fingerprint density at radius 3 is 2.59 bits per heavy atom. The number of anilines is 2. The molecule has 1 aliphatic rings. The van der Waals surface area contributed by atoms with E-state index in [1.54, 1.807) is 22.9 Å². The zero-order valence-corrected chi connectivity index (χ0v) is 17.1. The van der Waals surface area contributed by atoms with E-state index in [2.05, 4.69) is 15.7 Å². The Labute approximate surface area is 169 Å². The molecular weight excluding hydrogens is 374 g/mol. The number of nitrogens with two attached hydrogens (primary N) is 1. The molecule has 3 rings (SSSR count). The number of nitrogen functional groups attached to an aromatic ring is 1. The van der Waals surface area contributed by atoms with Crippen molar-refractivity contribution in [1.82, 2.24) is 15.1 Å². The number of methoxy groups -OCH3 is 1. The van der Waals surface area contributed by atoms with Crippen molar-refractivity contribution >= 4 is 23.3 Å². The maximum Gasteiger partial charge on any atom is 0.261 e. The highest BCUT2D eigenvalue weighted by Crippen LogP contribution is 2.31. The lowest BCUT2D eigenvalue weighted by atomic mass is 10.1. The van der Waals surface area contributed by atoms with Crippen LogP contribution in [0, 0.1) is 0 Å². The Kier molecular flexibility index (Phi) is 5.67. The fourth-order valence-corrected chi connectivity index (χ4v) is 2.77. The van der Waals surface area contributed by atoms with Crippen LogP contribution in [0.5, 0.6) is 11.5 Å². The zero-order valence-electron chi connectivity index (χ0n) is 17.1. The van der Waals surface area contributed by atoms with Gasteiger partial charge >= 0.3 is 0 Å². The molecule has 1 saturated carbocycles. The van der Waals surface area contributed by atoms with Crippen molar-refractivity contribution in [1.29, 1.82) is 0 Å². The largest absolute Gasteiger partial charge is 0.493 e. The van der Waals surface area contributed by atoms with Crippen LogP contribution in [-0.4, -0.2) is 41.4 Å². The van der Waals surface area contributed by atoms with Gasteiger partial charge in [0, 0.05) is 17.8 Å². The molecule has 2 aromatic rings. The normalized spacial score (nSPS) is 13.7. The minimum atomic E-state index is -0.388. The molecule has 1 fully saturated rings. The van der Waals surface area contributed by atoms with Crippen molar-refractivity contribution in [2.45, 2.75) is 45.2 Å². The molecule has 1 aliphatic carbocycles. The Morgan fingerprint density at radius 2 is 2.00 bits per heavy atom. The SMILES string of the molecule is COc1ccc(NC(=O)c2cnn(C(C)(C)C)c2N)cc1OCC(=O)NC1CC1. The molecule has 4 N–H and O–H groups in total. The monoisotopic (exact) mass is 401 g/mol. The minimum absolute atomic E-state index is 0.129. The molecule has 0 aliphatic heterocycles. The van der Waals surface area contributed by atoms with E-state index in [1.165, 1.54) is 13.3 Å². The second-order valence-corrected chi connectivity index (χ2v) is 7.98. The van der Waals surface area contributed by atoms with Crippen LogP contribution in [0.15, 0.2) is 24.4 Å². The van der Waals surface area contributed by atoms with Crippen molar-refractivity contribution in [2.75, 3.05) is 24.8 Å². The number of hydrogen-bond acceptors (Lipinski definition) is 6. The molecule has 0 radical (unpaired) electrons. The number of nitrogens with zero attached hydrogens (tertiary/aromatic N) is 2. The summed E-state index contributed by atoms with van der Waals surface area (Å²) in [5.41, 5.74) is 6.52. The average molecular weight is 401 g/mol. The molecule has 29 heavy (non-hydrogen) atoms. The fraction of sp³-hybridized carbons (Fsp3) is 0.450. The average Bonchev–Trinajstić information content (AvgIpc) is 3.37. The van der Waals surface area contributed by atoms with Crippen LogP contribution in [0.3, 0.4) is 0 Å². The number of benzene rings is 1. The van der Waals surface area contributed by atoms with Gasteiger partial charge in [0.25, 0.3) is 11.8 Å². The van der Waals surface area contributed by atoms with E-state index in [-0.39, 0.29) is 41.4 Å². The van der Waals surface area contributed by atoms with E-state index in [0.29, 0.717) is 17.2 Å². The molecule has 1 heterocycles. The van der Waals surface area contributed by atoms with E-state index in [0.717, 1.165) is 12.8 Å². The number of ether oxygens (including phenoxy) is 2. The summed E-state index contributed by atoms with van der Waals surface area (Å²) in [6, 6.07) is 5.20. The van der Waals surface area contributed by atoms with Gasteiger partial charge in [0.05, 0.1) is 18.8 Å². The first-order chi connectivity index (χ1) is 13.7. The predicted octanol–water partition coefficient (Wildman–Crippen LogP) is 2.14. The molecule has 1 aromatic carbocycles. The quantitative estimate of drug-likeness (QED) is 0.654. The van der Waals surface area contributed by atoms with Crippen molar-refractivity contribution in [2.24, 2.45) is 0 Å². The van der Waals surface area contributed by atoms with Crippen LogP contribution in [0.25, 0.3) is 0 Å². The van der Waals surface area contributed by atoms with E-state index in [1.807, 2.05) is 20.8 Å². The van der Waals surface area contributed by atoms with Gasteiger partial charge in [0.1, 0.15) is 11.4 Å². The molecule has 0 saturated heterocycles. The summed E-state index contributed by atoms with van der Waals surface area (Å²) in [5, 5.41) is 9.84. The summed E-state index contributed by atoms with van der Waals surface area (Å²) in [4.78, 5) is 24.5. The van der Waals surface area contributed by atoms with Crippen LogP contribution in [-0.2, 0) is 10.3 Å². The van der Waals surface area contributed by atoms with Gasteiger partial charge < -0.3 is 25.8 Å². The summed E-state index contributed by atoms with van der Waals surface area (Å²) >= 11 is 0. The number of rotatable bonds is 7. The number of carbonyl (C=O) groups is 2. The Hall–Kier alpha value is -3.23. The highest BCUT2D eigenvalue weighted by molar-refractivity contribution is 6.07. The predicted molar refractivity (Wildman–Crippen MR) is 109 cm³/mol. The third kappa shape index (κ3) is 4.98. The van der Waals surface area contributed by atoms with Gasteiger partial charge in [-0.1, -0.05) is 0 Å². The number of nitrogens with one attached hydrogen (secondary N) is 2. The van der Waals surface area contributed by atoms with Crippen LogP contribution < -0.4 is 25.8 Å². The summed E-state index contributed by atoms with van der Waals surface area (Å²) in [6.07, 6.45) is 3.45.